The van der Waals surface area contributed by atoms with E-state index in [9.17, 15) is 4.79 Å². The molecule has 0 spiro atoms. The van der Waals surface area contributed by atoms with Gasteiger partial charge >= 0.3 is 0 Å². The second kappa shape index (κ2) is 9.33. The van der Waals surface area contributed by atoms with Crippen molar-refractivity contribution in [2.75, 3.05) is 25.5 Å². The first-order valence-corrected chi connectivity index (χ1v) is 8.37. The normalized spacial score (nSPS) is 10.3. The molecule has 0 aromatic heterocycles. The highest BCUT2D eigenvalue weighted by Gasteiger charge is 2.05. The van der Waals surface area contributed by atoms with Crippen molar-refractivity contribution in [2.45, 2.75) is 12.8 Å². The molecule has 0 aliphatic rings. The fourth-order valence-electron chi connectivity index (χ4n) is 2.23. The molecule has 23 heavy (non-hydrogen) atoms. The largest absolute Gasteiger partial charge is 0.496 e. The van der Waals surface area contributed by atoms with Crippen LogP contribution in [0, 0.1) is 0 Å². The van der Waals surface area contributed by atoms with Crippen LogP contribution in [0.25, 0.3) is 0 Å². The Morgan fingerprint density at radius 3 is 2.61 bits per heavy atom. The minimum atomic E-state index is 0.00157. The van der Waals surface area contributed by atoms with Gasteiger partial charge < -0.3 is 15.4 Å². The Bertz CT molecular complexity index is 646. The zero-order valence-electron chi connectivity index (χ0n) is 13.1. The Balaban J connectivity index is 1.67. The van der Waals surface area contributed by atoms with Crippen LogP contribution in [0.1, 0.15) is 12.0 Å². The van der Waals surface area contributed by atoms with Crippen LogP contribution < -0.4 is 15.4 Å². The highest BCUT2D eigenvalue weighted by molar-refractivity contribution is 9.10. The quantitative estimate of drug-likeness (QED) is 0.691. The van der Waals surface area contributed by atoms with Gasteiger partial charge in [-0.3, -0.25) is 4.79 Å². The van der Waals surface area contributed by atoms with Crippen molar-refractivity contribution >= 4 is 27.5 Å². The molecule has 0 radical (unpaired) electrons. The number of ether oxygens (including phenoxy) is 1. The van der Waals surface area contributed by atoms with E-state index < -0.39 is 0 Å². The molecule has 0 atom stereocenters. The maximum Gasteiger partial charge on any atom is 0.225 e. The van der Waals surface area contributed by atoms with E-state index in [-0.39, 0.29) is 5.91 Å². The number of nitrogens with one attached hydrogen (secondary N) is 2. The van der Waals surface area contributed by atoms with Crippen molar-refractivity contribution in [3.05, 3.63) is 58.6 Å². The number of halogens is 1. The number of para-hydroxylation sites is 2. The van der Waals surface area contributed by atoms with E-state index in [4.69, 9.17) is 4.74 Å². The lowest BCUT2D eigenvalue weighted by Gasteiger charge is -2.09. The Morgan fingerprint density at radius 2 is 1.83 bits per heavy atom. The number of carbonyl (C=O) groups is 1. The Hall–Kier alpha value is -1.85. The highest BCUT2D eigenvalue weighted by atomic mass is 79.9. The molecule has 122 valence electrons. The molecular formula is C18H21BrN2O2. The molecule has 5 heteroatoms. The lowest BCUT2D eigenvalue weighted by molar-refractivity contribution is -0.116. The molecule has 0 unspecified atom stereocenters. The predicted molar refractivity (Wildman–Crippen MR) is 97.0 cm³/mol. The van der Waals surface area contributed by atoms with E-state index in [0.717, 1.165) is 28.9 Å². The average molecular weight is 377 g/mol. The maximum absolute atomic E-state index is 11.9. The molecule has 0 heterocycles. The van der Waals surface area contributed by atoms with Crippen LogP contribution in [0.5, 0.6) is 5.75 Å². The molecule has 2 aromatic rings. The summed E-state index contributed by atoms with van der Waals surface area (Å²) in [5.41, 5.74) is 1.96. The van der Waals surface area contributed by atoms with Gasteiger partial charge in [0.2, 0.25) is 5.91 Å². The summed E-state index contributed by atoms with van der Waals surface area (Å²) in [5.74, 6) is 0.905. The summed E-state index contributed by atoms with van der Waals surface area (Å²) in [6, 6.07) is 15.6. The van der Waals surface area contributed by atoms with E-state index in [2.05, 4.69) is 32.6 Å². The van der Waals surface area contributed by atoms with Crippen LogP contribution in [0.15, 0.2) is 53.0 Å². The van der Waals surface area contributed by atoms with Crippen molar-refractivity contribution in [1.82, 2.24) is 5.32 Å². The summed E-state index contributed by atoms with van der Waals surface area (Å²) >= 11 is 3.42. The standard InChI is InChI=1S/C18H21BrN2O2/c1-23-17-9-5-2-6-14(17)10-12-20-13-11-18(22)21-16-8-4-3-7-15(16)19/h2-9,20H,10-13H2,1H3,(H,21,22). The van der Waals surface area contributed by atoms with Crippen LogP contribution in [0.2, 0.25) is 0 Å². The van der Waals surface area contributed by atoms with Gasteiger partial charge in [0.05, 0.1) is 12.8 Å². The van der Waals surface area contributed by atoms with Gasteiger partial charge in [-0.1, -0.05) is 30.3 Å². The van der Waals surface area contributed by atoms with Crippen molar-refractivity contribution in [3.8, 4) is 5.75 Å². The smallest absolute Gasteiger partial charge is 0.225 e. The third-order valence-electron chi connectivity index (χ3n) is 3.44. The van der Waals surface area contributed by atoms with Crippen LogP contribution in [-0.4, -0.2) is 26.1 Å². The van der Waals surface area contributed by atoms with Crippen LogP contribution >= 0.6 is 15.9 Å². The van der Waals surface area contributed by atoms with Gasteiger partial charge in [0.15, 0.2) is 0 Å². The first kappa shape index (κ1) is 17.5. The number of hydrogen-bond acceptors (Lipinski definition) is 3. The van der Waals surface area contributed by atoms with Crippen molar-refractivity contribution < 1.29 is 9.53 Å². The number of benzene rings is 2. The van der Waals surface area contributed by atoms with Crippen LogP contribution in [0.3, 0.4) is 0 Å². The average Bonchev–Trinajstić information content (AvgIpc) is 2.57. The molecule has 4 nitrogen and oxygen atoms in total. The monoisotopic (exact) mass is 376 g/mol. The summed E-state index contributed by atoms with van der Waals surface area (Å²) in [6.45, 7) is 1.45. The fourth-order valence-corrected chi connectivity index (χ4v) is 2.62. The molecule has 0 saturated heterocycles. The van der Waals surface area contributed by atoms with Crippen LogP contribution in [-0.2, 0) is 11.2 Å². The molecule has 0 aliphatic carbocycles. The van der Waals surface area contributed by atoms with E-state index in [1.54, 1.807) is 7.11 Å². The van der Waals surface area contributed by atoms with E-state index in [1.807, 2.05) is 42.5 Å². The Morgan fingerprint density at radius 1 is 1.09 bits per heavy atom. The molecule has 1 amide bonds. The van der Waals surface area contributed by atoms with Gasteiger partial charge in [-0.15, -0.1) is 0 Å². The Kier molecular flexibility index (Phi) is 7.10. The first-order chi connectivity index (χ1) is 11.2. The zero-order valence-corrected chi connectivity index (χ0v) is 14.7. The summed E-state index contributed by atoms with van der Waals surface area (Å²) in [5, 5.41) is 6.18. The van der Waals surface area contributed by atoms with Gasteiger partial charge in [0, 0.05) is 17.4 Å². The number of amides is 1. The maximum atomic E-state index is 11.9. The summed E-state index contributed by atoms with van der Waals surface area (Å²) in [4.78, 5) is 11.9. The highest BCUT2D eigenvalue weighted by Crippen LogP contribution is 2.21. The molecule has 2 aromatic carbocycles. The van der Waals surface area contributed by atoms with E-state index >= 15 is 0 Å². The van der Waals surface area contributed by atoms with Crippen molar-refractivity contribution in [3.63, 3.8) is 0 Å². The first-order valence-electron chi connectivity index (χ1n) is 7.57. The zero-order chi connectivity index (χ0) is 16.5. The van der Waals surface area contributed by atoms with Gasteiger partial charge in [-0.25, -0.2) is 0 Å². The molecule has 0 fully saturated rings. The minimum absolute atomic E-state index is 0.00157. The fraction of sp³-hybridized carbons (Fsp3) is 0.278. The predicted octanol–water partition coefficient (Wildman–Crippen LogP) is 3.62. The minimum Gasteiger partial charge on any atom is -0.496 e. The number of hydrogen-bond donors (Lipinski definition) is 2. The topological polar surface area (TPSA) is 50.4 Å². The number of carbonyl (C=O) groups excluding carboxylic acids is 1. The Labute approximate surface area is 145 Å². The van der Waals surface area contributed by atoms with Gasteiger partial charge in [0.1, 0.15) is 5.75 Å². The van der Waals surface area contributed by atoms with E-state index in [1.165, 1.54) is 5.56 Å². The van der Waals surface area contributed by atoms with Gasteiger partial charge in [-0.2, -0.15) is 0 Å². The number of methoxy groups -OCH3 is 1. The van der Waals surface area contributed by atoms with Gasteiger partial charge in [0.25, 0.3) is 0 Å². The molecule has 0 bridgehead atoms. The third kappa shape index (κ3) is 5.69. The SMILES string of the molecule is COc1ccccc1CCNCCC(=O)Nc1ccccc1Br. The number of rotatable bonds is 8. The van der Waals surface area contributed by atoms with Crippen molar-refractivity contribution in [1.29, 1.82) is 0 Å². The molecule has 0 saturated carbocycles. The van der Waals surface area contributed by atoms with Gasteiger partial charge in [-0.05, 0) is 52.7 Å². The summed E-state index contributed by atoms with van der Waals surface area (Å²) in [6.07, 6.45) is 1.31. The lowest BCUT2D eigenvalue weighted by atomic mass is 10.1. The van der Waals surface area contributed by atoms with Crippen molar-refractivity contribution in [2.24, 2.45) is 0 Å². The van der Waals surface area contributed by atoms with E-state index in [0.29, 0.717) is 13.0 Å². The second-order valence-corrected chi connectivity index (χ2v) is 5.94. The molecule has 2 rings (SSSR count). The second-order valence-electron chi connectivity index (χ2n) is 5.09. The molecule has 0 aliphatic heterocycles. The van der Waals surface area contributed by atoms with Crippen LogP contribution in [0.4, 0.5) is 5.69 Å². The molecular weight excluding hydrogens is 356 g/mol. The third-order valence-corrected chi connectivity index (χ3v) is 4.13. The summed E-state index contributed by atoms with van der Waals surface area (Å²) in [7, 11) is 1.68. The number of anilines is 1. The summed E-state index contributed by atoms with van der Waals surface area (Å²) < 4.78 is 6.21. The molecule has 2 N–H and O–H groups in total. The lowest BCUT2D eigenvalue weighted by Crippen LogP contribution is -2.23.